The zero-order valence-corrected chi connectivity index (χ0v) is 14.2. The molecule has 3 heterocycles. The fraction of sp³-hybridized carbons (Fsp3) is 0.438. The molecule has 0 spiro atoms. The number of carbonyl (C=O) groups is 1. The van der Waals surface area contributed by atoms with Crippen molar-refractivity contribution in [1.82, 2.24) is 19.8 Å². The highest BCUT2D eigenvalue weighted by atomic mass is 32.1. The fourth-order valence-electron chi connectivity index (χ4n) is 2.76. The summed E-state index contributed by atoms with van der Waals surface area (Å²) in [4.78, 5) is 24.3. The first-order valence-electron chi connectivity index (χ1n) is 7.76. The van der Waals surface area contributed by atoms with Gasteiger partial charge in [-0.1, -0.05) is 0 Å². The number of hydrogen-bond donors (Lipinski definition) is 0. The molecule has 8 heteroatoms. The normalized spacial score (nSPS) is 16.2. The van der Waals surface area contributed by atoms with Gasteiger partial charge in [-0.3, -0.25) is 9.69 Å². The summed E-state index contributed by atoms with van der Waals surface area (Å²) >= 11 is 1.62. The highest BCUT2D eigenvalue weighted by Gasteiger charge is 2.24. The van der Waals surface area contributed by atoms with E-state index in [4.69, 9.17) is 0 Å². The minimum Gasteiger partial charge on any atom is -0.336 e. The molecule has 1 aliphatic heterocycles. The second-order valence-corrected chi connectivity index (χ2v) is 6.83. The Morgan fingerprint density at radius 3 is 2.83 bits per heavy atom. The topological polar surface area (TPSA) is 49.3 Å². The van der Waals surface area contributed by atoms with Crippen molar-refractivity contribution in [2.24, 2.45) is 0 Å². The summed E-state index contributed by atoms with van der Waals surface area (Å²) in [5.74, 6) is -2.19. The molecule has 0 radical (unpaired) electrons. The second-order valence-electron chi connectivity index (χ2n) is 5.76. The van der Waals surface area contributed by atoms with Crippen LogP contribution in [-0.4, -0.2) is 51.9 Å². The molecule has 0 bridgehead atoms. The minimum absolute atomic E-state index is 0.319. The maximum Gasteiger partial charge on any atom is 0.275 e. The van der Waals surface area contributed by atoms with Crippen LogP contribution in [0.3, 0.4) is 0 Å². The first kappa shape index (κ1) is 16.9. The Labute approximate surface area is 142 Å². The van der Waals surface area contributed by atoms with E-state index in [2.05, 4.69) is 14.9 Å². The summed E-state index contributed by atoms with van der Waals surface area (Å²) in [5.41, 5.74) is 0.712. The van der Waals surface area contributed by atoms with Crippen LogP contribution >= 0.6 is 11.3 Å². The lowest BCUT2D eigenvalue weighted by Gasteiger charge is -2.21. The zero-order valence-electron chi connectivity index (χ0n) is 13.3. The number of hydrogen-bond acceptors (Lipinski definition) is 5. The van der Waals surface area contributed by atoms with Crippen molar-refractivity contribution in [3.05, 3.63) is 45.7 Å². The number of aryl methyl sites for hydroxylation is 1. The summed E-state index contributed by atoms with van der Waals surface area (Å²) in [6, 6.07) is 0.689. The van der Waals surface area contributed by atoms with Crippen molar-refractivity contribution in [2.45, 2.75) is 19.9 Å². The average Bonchev–Trinajstić information content (AvgIpc) is 2.80. The number of thiazole rings is 1. The molecule has 0 aromatic carbocycles. The summed E-state index contributed by atoms with van der Waals surface area (Å²) in [6.07, 6.45) is 1.66. The number of pyridine rings is 1. The van der Waals surface area contributed by atoms with Gasteiger partial charge in [0.15, 0.2) is 11.5 Å². The molecule has 128 valence electrons. The molecule has 0 unspecified atom stereocenters. The van der Waals surface area contributed by atoms with Gasteiger partial charge in [0.2, 0.25) is 0 Å². The van der Waals surface area contributed by atoms with Gasteiger partial charge >= 0.3 is 0 Å². The molecule has 0 N–H and O–H groups in total. The van der Waals surface area contributed by atoms with Crippen LogP contribution in [0.25, 0.3) is 0 Å². The van der Waals surface area contributed by atoms with Crippen molar-refractivity contribution in [3.8, 4) is 0 Å². The molecule has 1 saturated heterocycles. The summed E-state index contributed by atoms with van der Waals surface area (Å²) in [5, 5.41) is 3.08. The molecule has 0 atom stereocenters. The Hall–Kier alpha value is -1.93. The number of halogens is 2. The third kappa shape index (κ3) is 3.93. The monoisotopic (exact) mass is 352 g/mol. The van der Waals surface area contributed by atoms with E-state index in [-0.39, 0.29) is 5.69 Å². The summed E-state index contributed by atoms with van der Waals surface area (Å²) in [7, 11) is 0. The van der Waals surface area contributed by atoms with Crippen LogP contribution in [0, 0.1) is 18.6 Å². The predicted octanol–water partition coefficient (Wildman–Crippen LogP) is 2.47. The number of nitrogens with zero attached hydrogens (tertiary/aromatic N) is 4. The number of carbonyl (C=O) groups excluding carboxylic acids is 1. The van der Waals surface area contributed by atoms with Crippen LogP contribution in [-0.2, 0) is 6.54 Å². The minimum atomic E-state index is -0.918. The molecular formula is C16H18F2N4OS. The molecule has 5 nitrogen and oxygen atoms in total. The van der Waals surface area contributed by atoms with Gasteiger partial charge in [0.05, 0.1) is 16.9 Å². The Bertz CT molecular complexity index is 737. The Balaban J connectivity index is 1.63. The number of amides is 1. The predicted molar refractivity (Wildman–Crippen MR) is 86.8 cm³/mol. The van der Waals surface area contributed by atoms with Crippen LogP contribution < -0.4 is 0 Å². The van der Waals surface area contributed by atoms with Gasteiger partial charge in [-0.05, 0) is 13.3 Å². The maximum atomic E-state index is 13.8. The molecule has 2 aromatic rings. The van der Waals surface area contributed by atoms with E-state index >= 15 is 0 Å². The summed E-state index contributed by atoms with van der Waals surface area (Å²) in [6.45, 7) is 5.27. The largest absolute Gasteiger partial charge is 0.336 e. The molecular weight excluding hydrogens is 334 g/mol. The second kappa shape index (κ2) is 7.31. The van der Waals surface area contributed by atoms with Crippen molar-refractivity contribution < 1.29 is 13.6 Å². The first-order valence-corrected chi connectivity index (χ1v) is 8.64. The van der Waals surface area contributed by atoms with Crippen molar-refractivity contribution in [2.75, 3.05) is 26.2 Å². The van der Waals surface area contributed by atoms with E-state index in [9.17, 15) is 13.6 Å². The van der Waals surface area contributed by atoms with Gasteiger partial charge < -0.3 is 4.90 Å². The number of rotatable bonds is 3. The van der Waals surface area contributed by atoms with E-state index in [0.29, 0.717) is 25.7 Å². The molecule has 1 fully saturated rings. The van der Waals surface area contributed by atoms with Gasteiger partial charge in [-0.15, -0.1) is 11.3 Å². The van der Waals surface area contributed by atoms with Gasteiger partial charge in [-0.25, -0.2) is 18.7 Å². The smallest absolute Gasteiger partial charge is 0.275 e. The highest BCUT2D eigenvalue weighted by Crippen LogP contribution is 2.14. The Kier molecular flexibility index (Phi) is 5.15. The fourth-order valence-corrected chi connectivity index (χ4v) is 3.37. The zero-order chi connectivity index (χ0) is 17.1. The van der Waals surface area contributed by atoms with E-state index in [1.165, 1.54) is 0 Å². The van der Waals surface area contributed by atoms with Gasteiger partial charge in [0, 0.05) is 44.2 Å². The van der Waals surface area contributed by atoms with Crippen molar-refractivity contribution >= 4 is 17.2 Å². The Morgan fingerprint density at radius 1 is 1.29 bits per heavy atom. The number of aromatic nitrogens is 2. The van der Waals surface area contributed by atoms with E-state index in [0.717, 1.165) is 36.4 Å². The van der Waals surface area contributed by atoms with Crippen molar-refractivity contribution in [1.29, 1.82) is 0 Å². The highest BCUT2D eigenvalue weighted by molar-refractivity contribution is 7.09. The van der Waals surface area contributed by atoms with Crippen LogP contribution in [0.5, 0.6) is 0 Å². The van der Waals surface area contributed by atoms with E-state index in [1.54, 1.807) is 16.2 Å². The third-order valence-electron chi connectivity index (χ3n) is 3.94. The van der Waals surface area contributed by atoms with Gasteiger partial charge in [0.25, 0.3) is 5.91 Å². The standard InChI is InChI=1S/C16H18F2N4OS/c1-11-20-13(10-24-11)9-21-3-2-4-22(6-5-21)16(23)15-14(18)7-12(17)8-19-15/h7-8,10H,2-6,9H2,1H3. The molecule has 0 saturated carbocycles. The molecule has 1 aliphatic rings. The van der Waals surface area contributed by atoms with Crippen LogP contribution in [0.1, 0.15) is 27.6 Å². The summed E-state index contributed by atoms with van der Waals surface area (Å²) < 4.78 is 26.7. The molecule has 24 heavy (non-hydrogen) atoms. The van der Waals surface area contributed by atoms with E-state index in [1.807, 2.05) is 12.3 Å². The van der Waals surface area contributed by atoms with Crippen molar-refractivity contribution in [3.63, 3.8) is 0 Å². The lowest BCUT2D eigenvalue weighted by Crippen LogP contribution is -2.36. The molecule has 3 rings (SSSR count). The average molecular weight is 352 g/mol. The first-order chi connectivity index (χ1) is 11.5. The molecule has 2 aromatic heterocycles. The van der Waals surface area contributed by atoms with Crippen LogP contribution in [0.15, 0.2) is 17.6 Å². The van der Waals surface area contributed by atoms with E-state index < -0.39 is 17.5 Å². The SMILES string of the molecule is Cc1nc(CN2CCCN(C(=O)c3ncc(F)cc3F)CC2)cs1. The van der Waals surface area contributed by atoms with Crippen LogP contribution in [0.4, 0.5) is 8.78 Å². The maximum absolute atomic E-state index is 13.8. The Morgan fingerprint density at radius 2 is 2.12 bits per heavy atom. The lowest BCUT2D eigenvalue weighted by molar-refractivity contribution is 0.0750. The van der Waals surface area contributed by atoms with Crippen LogP contribution in [0.2, 0.25) is 0 Å². The van der Waals surface area contributed by atoms with Gasteiger partial charge in [-0.2, -0.15) is 0 Å². The lowest BCUT2D eigenvalue weighted by atomic mass is 10.3. The molecule has 0 aliphatic carbocycles. The third-order valence-corrected chi connectivity index (χ3v) is 4.76. The van der Waals surface area contributed by atoms with Gasteiger partial charge in [0.1, 0.15) is 5.82 Å². The molecule has 1 amide bonds. The quantitative estimate of drug-likeness (QED) is 0.852.